The lowest BCUT2D eigenvalue weighted by Crippen LogP contribution is -2.39. The van der Waals surface area contributed by atoms with Crippen molar-refractivity contribution in [1.82, 2.24) is 5.32 Å². The number of hydrogen-bond acceptors (Lipinski definition) is 3. The van der Waals surface area contributed by atoms with Gasteiger partial charge >= 0.3 is 0 Å². The van der Waals surface area contributed by atoms with Crippen LogP contribution in [0.15, 0.2) is 53.0 Å². The van der Waals surface area contributed by atoms with Gasteiger partial charge in [0.2, 0.25) is 0 Å². The Kier molecular flexibility index (Phi) is 5.11. The Morgan fingerprint density at radius 3 is 2.33 bits per heavy atom. The Labute approximate surface area is 149 Å². The Morgan fingerprint density at radius 2 is 1.71 bits per heavy atom. The van der Waals surface area contributed by atoms with Crippen LogP contribution in [-0.4, -0.2) is 24.3 Å². The second kappa shape index (κ2) is 7.28. The highest BCUT2D eigenvalue weighted by Gasteiger charge is 2.28. The highest BCUT2D eigenvalue weighted by Crippen LogP contribution is 2.31. The van der Waals surface area contributed by atoms with E-state index in [1.165, 1.54) is 0 Å². The summed E-state index contributed by atoms with van der Waals surface area (Å²) in [6.45, 7) is 0.435. The molecule has 0 bridgehead atoms. The van der Waals surface area contributed by atoms with Gasteiger partial charge in [-0.25, -0.2) is 0 Å². The van der Waals surface area contributed by atoms with E-state index >= 15 is 0 Å². The van der Waals surface area contributed by atoms with Crippen molar-refractivity contribution in [3.63, 3.8) is 0 Å². The zero-order chi connectivity index (χ0) is 17.1. The maximum absolute atomic E-state index is 12.7. The summed E-state index contributed by atoms with van der Waals surface area (Å²) < 4.78 is 0.902. The average molecular weight is 387 g/mol. The van der Waals surface area contributed by atoms with Crippen LogP contribution in [0.4, 0.5) is 0 Å². The van der Waals surface area contributed by atoms with Gasteiger partial charge in [0, 0.05) is 28.2 Å². The molecule has 1 aliphatic carbocycles. The van der Waals surface area contributed by atoms with Gasteiger partial charge in [-0.3, -0.25) is 9.59 Å². The van der Waals surface area contributed by atoms with E-state index in [9.17, 15) is 9.59 Å². The first-order valence-corrected chi connectivity index (χ1v) is 8.78. The number of amides is 1. The summed E-state index contributed by atoms with van der Waals surface area (Å²) in [4.78, 5) is 25.2. The molecule has 0 saturated heterocycles. The minimum absolute atomic E-state index is 0.0108. The molecule has 1 fully saturated rings. The van der Waals surface area contributed by atoms with Crippen LogP contribution >= 0.6 is 15.9 Å². The number of nitrogens with one attached hydrogen (secondary N) is 1. The molecule has 2 aromatic rings. The Bertz CT molecular complexity index is 754. The van der Waals surface area contributed by atoms with Crippen LogP contribution in [0.2, 0.25) is 0 Å². The molecule has 1 aliphatic rings. The largest absolute Gasteiger partial charge is 0.350 e. The first-order valence-electron chi connectivity index (χ1n) is 7.99. The van der Waals surface area contributed by atoms with E-state index in [0.717, 1.165) is 17.3 Å². The van der Waals surface area contributed by atoms with Gasteiger partial charge in [-0.1, -0.05) is 34.1 Å². The summed E-state index contributed by atoms with van der Waals surface area (Å²) >= 11 is 3.35. The molecular weight excluding hydrogens is 368 g/mol. The normalized spacial score (nSPS) is 14.9. The molecule has 24 heavy (non-hydrogen) atoms. The number of hydrogen-bond donors (Lipinski definition) is 2. The molecule has 1 amide bonds. The molecule has 1 saturated carbocycles. The van der Waals surface area contributed by atoms with Crippen LogP contribution in [0.1, 0.15) is 39.1 Å². The van der Waals surface area contributed by atoms with E-state index in [1.54, 1.807) is 36.4 Å². The predicted octanol–water partition coefficient (Wildman–Crippen LogP) is 3.15. The fourth-order valence-electron chi connectivity index (χ4n) is 2.63. The van der Waals surface area contributed by atoms with E-state index in [-0.39, 0.29) is 17.7 Å². The maximum atomic E-state index is 12.7. The summed E-state index contributed by atoms with van der Waals surface area (Å²) in [6, 6.07) is 14.0. The average Bonchev–Trinajstić information content (AvgIpc) is 3.44. The van der Waals surface area contributed by atoms with Crippen molar-refractivity contribution < 1.29 is 9.59 Å². The second-order valence-electron chi connectivity index (χ2n) is 6.09. The SMILES string of the molecule is NC(CNC(=O)c1ccccc1C(=O)c1ccc(Br)cc1)C1CC1. The van der Waals surface area contributed by atoms with E-state index in [2.05, 4.69) is 21.2 Å². The van der Waals surface area contributed by atoms with Crippen molar-refractivity contribution in [2.45, 2.75) is 18.9 Å². The lowest BCUT2D eigenvalue weighted by atomic mass is 9.98. The van der Waals surface area contributed by atoms with Gasteiger partial charge < -0.3 is 11.1 Å². The van der Waals surface area contributed by atoms with Crippen molar-refractivity contribution in [3.05, 3.63) is 69.7 Å². The Morgan fingerprint density at radius 1 is 1.08 bits per heavy atom. The second-order valence-corrected chi connectivity index (χ2v) is 7.01. The molecule has 3 rings (SSSR count). The number of benzene rings is 2. The summed E-state index contributed by atoms with van der Waals surface area (Å²) in [5, 5.41) is 2.85. The molecule has 3 N–H and O–H groups in total. The lowest BCUT2D eigenvalue weighted by Gasteiger charge is -2.13. The number of carbonyl (C=O) groups is 2. The molecule has 5 heteroatoms. The minimum Gasteiger partial charge on any atom is -0.350 e. The smallest absolute Gasteiger partial charge is 0.252 e. The van der Waals surface area contributed by atoms with E-state index in [4.69, 9.17) is 5.73 Å². The molecule has 124 valence electrons. The monoisotopic (exact) mass is 386 g/mol. The summed E-state index contributed by atoms with van der Waals surface area (Å²) in [6.07, 6.45) is 2.27. The summed E-state index contributed by atoms with van der Waals surface area (Å²) in [5.74, 6) is 0.0943. The predicted molar refractivity (Wildman–Crippen MR) is 97.0 cm³/mol. The summed E-state index contributed by atoms with van der Waals surface area (Å²) in [5.41, 5.74) is 7.35. The van der Waals surface area contributed by atoms with Gasteiger partial charge in [-0.15, -0.1) is 0 Å². The van der Waals surface area contributed by atoms with Crippen molar-refractivity contribution >= 4 is 27.6 Å². The van der Waals surface area contributed by atoms with Gasteiger partial charge in [-0.2, -0.15) is 0 Å². The van der Waals surface area contributed by atoms with Gasteiger partial charge in [0.25, 0.3) is 5.91 Å². The zero-order valence-corrected chi connectivity index (χ0v) is 14.8. The molecule has 1 unspecified atom stereocenters. The van der Waals surface area contributed by atoms with E-state index in [1.807, 2.05) is 12.1 Å². The fraction of sp³-hybridized carbons (Fsp3) is 0.263. The number of rotatable bonds is 6. The van der Waals surface area contributed by atoms with Crippen molar-refractivity contribution in [1.29, 1.82) is 0 Å². The van der Waals surface area contributed by atoms with Crippen LogP contribution in [-0.2, 0) is 0 Å². The van der Waals surface area contributed by atoms with Crippen LogP contribution in [0.25, 0.3) is 0 Å². The maximum Gasteiger partial charge on any atom is 0.252 e. The zero-order valence-electron chi connectivity index (χ0n) is 13.2. The van der Waals surface area contributed by atoms with Crippen molar-refractivity contribution in [2.75, 3.05) is 6.54 Å². The van der Waals surface area contributed by atoms with Crippen LogP contribution in [0.5, 0.6) is 0 Å². The molecular formula is C19H19BrN2O2. The van der Waals surface area contributed by atoms with Gasteiger partial charge in [0.1, 0.15) is 0 Å². The molecule has 4 nitrogen and oxygen atoms in total. The molecule has 2 aromatic carbocycles. The highest BCUT2D eigenvalue weighted by molar-refractivity contribution is 9.10. The Hall–Kier alpha value is -1.98. The number of nitrogens with two attached hydrogens (primary N) is 1. The third kappa shape index (κ3) is 3.91. The quantitative estimate of drug-likeness (QED) is 0.748. The molecule has 0 aromatic heterocycles. The first kappa shape index (κ1) is 16.9. The van der Waals surface area contributed by atoms with E-state index < -0.39 is 0 Å². The van der Waals surface area contributed by atoms with E-state index in [0.29, 0.717) is 29.2 Å². The first-order chi connectivity index (χ1) is 11.6. The van der Waals surface area contributed by atoms with Gasteiger partial charge in [0.15, 0.2) is 5.78 Å². The number of carbonyl (C=O) groups excluding carboxylic acids is 2. The van der Waals surface area contributed by atoms with Crippen molar-refractivity contribution in [3.8, 4) is 0 Å². The molecule has 0 aliphatic heterocycles. The molecule has 1 atom stereocenters. The van der Waals surface area contributed by atoms with Crippen LogP contribution in [0, 0.1) is 5.92 Å². The molecule has 0 heterocycles. The lowest BCUT2D eigenvalue weighted by molar-refractivity contribution is 0.0939. The van der Waals surface area contributed by atoms with Crippen LogP contribution in [0.3, 0.4) is 0 Å². The third-order valence-corrected chi connectivity index (χ3v) is 4.78. The summed E-state index contributed by atoms with van der Waals surface area (Å²) in [7, 11) is 0. The third-order valence-electron chi connectivity index (χ3n) is 4.25. The van der Waals surface area contributed by atoms with Crippen molar-refractivity contribution in [2.24, 2.45) is 11.7 Å². The molecule has 0 radical (unpaired) electrons. The van der Waals surface area contributed by atoms with Gasteiger partial charge in [-0.05, 0) is 49.1 Å². The Balaban J connectivity index is 1.77. The standard InChI is InChI=1S/C19H19BrN2O2/c20-14-9-7-13(8-10-14)18(23)15-3-1-2-4-16(15)19(24)22-11-17(21)12-5-6-12/h1-4,7-10,12,17H,5-6,11,21H2,(H,22,24). The van der Waals surface area contributed by atoms with Crippen LogP contribution < -0.4 is 11.1 Å². The minimum atomic E-state index is -0.257. The topological polar surface area (TPSA) is 72.2 Å². The highest BCUT2D eigenvalue weighted by atomic mass is 79.9. The molecule has 0 spiro atoms. The number of ketones is 1. The van der Waals surface area contributed by atoms with Gasteiger partial charge in [0.05, 0.1) is 5.56 Å². The number of halogens is 1. The fourth-order valence-corrected chi connectivity index (χ4v) is 2.90.